The summed E-state index contributed by atoms with van der Waals surface area (Å²) in [4.78, 5) is 16.1. The monoisotopic (exact) mass is 263 g/mol. The molecule has 1 atom stereocenters. The molecule has 18 heavy (non-hydrogen) atoms. The van der Waals surface area contributed by atoms with Crippen molar-refractivity contribution < 1.29 is 4.79 Å². The van der Waals surface area contributed by atoms with Crippen LogP contribution in [-0.2, 0) is 4.79 Å². The third-order valence-electron chi connectivity index (χ3n) is 2.56. The van der Waals surface area contributed by atoms with E-state index in [2.05, 4.69) is 15.6 Å². The van der Waals surface area contributed by atoms with Crippen molar-refractivity contribution in [3.05, 3.63) is 23.7 Å². The quantitative estimate of drug-likeness (QED) is 0.891. The molecule has 0 aliphatic heterocycles. The molecule has 0 fully saturated rings. The first kappa shape index (κ1) is 12.8. The SMILES string of the molecule is CC(C)NC(=O)C(C)Nc1nccc2sccc12. The lowest BCUT2D eigenvalue weighted by Gasteiger charge is -2.16. The Morgan fingerprint density at radius 1 is 1.33 bits per heavy atom. The number of nitrogens with one attached hydrogen (secondary N) is 2. The molecular weight excluding hydrogens is 246 g/mol. The fraction of sp³-hybridized carbons (Fsp3) is 0.385. The summed E-state index contributed by atoms with van der Waals surface area (Å²) >= 11 is 1.67. The van der Waals surface area contributed by atoms with Gasteiger partial charge < -0.3 is 10.6 Å². The van der Waals surface area contributed by atoms with E-state index in [0.29, 0.717) is 0 Å². The van der Waals surface area contributed by atoms with Crippen molar-refractivity contribution in [3.8, 4) is 0 Å². The molecule has 2 heterocycles. The van der Waals surface area contributed by atoms with Crippen molar-refractivity contribution in [1.82, 2.24) is 10.3 Å². The molecule has 0 aliphatic rings. The van der Waals surface area contributed by atoms with Crippen LogP contribution in [-0.4, -0.2) is 23.0 Å². The zero-order chi connectivity index (χ0) is 13.1. The van der Waals surface area contributed by atoms with E-state index in [1.807, 2.05) is 38.3 Å². The summed E-state index contributed by atoms with van der Waals surface area (Å²) in [6.45, 7) is 5.73. The number of rotatable bonds is 4. The van der Waals surface area contributed by atoms with Gasteiger partial charge in [-0.15, -0.1) is 11.3 Å². The predicted molar refractivity (Wildman–Crippen MR) is 76.0 cm³/mol. The number of amides is 1. The smallest absolute Gasteiger partial charge is 0.242 e. The maximum atomic E-state index is 11.8. The minimum absolute atomic E-state index is 0.0148. The first-order chi connectivity index (χ1) is 8.58. The normalized spacial score (nSPS) is 12.7. The third kappa shape index (κ3) is 2.79. The highest BCUT2D eigenvalue weighted by Gasteiger charge is 2.15. The number of pyridine rings is 1. The molecule has 0 radical (unpaired) electrons. The van der Waals surface area contributed by atoms with E-state index in [4.69, 9.17) is 0 Å². The van der Waals surface area contributed by atoms with E-state index in [0.717, 1.165) is 11.2 Å². The first-order valence-electron chi connectivity index (χ1n) is 5.97. The minimum atomic E-state index is -0.301. The molecule has 1 unspecified atom stereocenters. The highest BCUT2D eigenvalue weighted by Crippen LogP contribution is 2.26. The van der Waals surface area contributed by atoms with E-state index in [9.17, 15) is 4.79 Å². The highest BCUT2D eigenvalue weighted by atomic mass is 32.1. The fourth-order valence-electron chi connectivity index (χ4n) is 1.69. The number of nitrogens with zero attached hydrogens (tertiary/aromatic N) is 1. The van der Waals surface area contributed by atoms with Crippen molar-refractivity contribution in [2.24, 2.45) is 0 Å². The first-order valence-corrected chi connectivity index (χ1v) is 6.85. The molecule has 0 bridgehead atoms. The van der Waals surface area contributed by atoms with Crippen LogP contribution in [0.3, 0.4) is 0 Å². The summed E-state index contributed by atoms with van der Waals surface area (Å²) in [6, 6.07) is 3.84. The maximum absolute atomic E-state index is 11.8. The molecule has 2 rings (SSSR count). The summed E-state index contributed by atoms with van der Waals surface area (Å²) < 4.78 is 1.17. The van der Waals surface area contributed by atoms with Crippen LogP contribution in [0.25, 0.3) is 10.1 Å². The van der Waals surface area contributed by atoms with Gasteiger partial charge in [-0.2, -0.15) is 0 Å². The van der Waals surface area contributed by atoms with E-state index in [1.54, 1.807) is 17.5 Å². The Morgan fingerprint density at radius 3 is 2.83 bits per heavy atom. The summed E-state index contributed by atoms with van der Waals surface area (Å²) in [5, 5.41) is 9.12. The minimum Gasteiger partial charge on any atom is -0.358 e. The van der Waals surface area contributed by atoms with Crippen LogP contribution in [0.15, 0.2) is 23.7 Å². The number of fused-ring (bicyclic) bond motifs is 1. The molecule has 0 saturated heterocycles. The van der Waals surface area contributed by atoms with Crippen molar-refractivity contribution in [2.45, 2.75) is 32.9 Å². The van der Waals surface area contributed by atoms with Gasteiger partial charge in [0.1, 0.15) is 11.9 Å². The molecule has 1 amide bonds. The number of anilines is 1. The number of carbonyl (C=O) groups excluding carboxylic acids is 1. The maximum Gasteiger partial charge on any atom is 0.242 e. The topological polar surface area (TPSA) is 54.0 Å². The van der Waals surface area contributed by atoms with Crippen molar-refractivity contribution in [2.75, 3.05) is 5.32 Å². The zero-order valence-electron chi connectivity index (χ0n) is 10.7. The van der Waals surface area contributed by atoms with Gasteiger partial charge in [-0.1, -0.05) is 0 Å². The second kappa shape index (κ2) is 5.35. The zero-order valence-corrected chi connectivity index (χ0v) is 11.5. The molecule has 96 valence electrons. The van der Waals surface area contributed by atoms with Crippen LogP contribution < -0.4 is 10.6 Å². The molecule has 2 aromatic heterocycles. The van der Waals surface area contributed by atoms with Crippen LogP contribution in [0.5, 0.6) is 0 Å². The predicted octanol–water partition coefficient (Wildman–Crippen LogP) is 2.62. The lowest BCUT2D eigenvalue weighted by atomic mass is 10.2. The number of aromatic nitrogens is 1. The van der Waals surface area contributed by atoms with Gasteiger partial charge in [-0.05, 0) is 38.3 Å². The van der Waals surface area contributed by atoms with Crippen LogP contribution in [0.1, 0.15) is 20.8 Å². The molecular formula is C13H17N3OS. The molecule has 0 spiro atoms. The molecule has 4 nitrogen and oxygen atoms in total. The number of hydrogen-bond acceptors (Lipinski definition) is 4. The average Bonchev–Trinajstić information content (AvgIpc) is 2.77. The van der Waals surface area contributed by atoms with Crippen molar-refractivity contribution in [1.29, 1.82) is 0 Å². The summed E-state index contributed by atoms with van der Waals surface area (Å²) in [7, 11) is 0. The lowest BCUT2D eigenvalue weighted by molar-refractivity contribution is -0.122. The Hall–Kier alpha value is -1.62. The highest BCUT2D eigenvalue weighted by molar-refractivity contribution is 7.17. The molecule has 0 aliphatic carbocycles. The van der Waals surface area contributed by atoms with Gasteiger partial charge in [0.25, 0.3) is 0 Å². The molecule has 0 aromatic carbocycles. The molecule has 2 N–H and O–H groups in total. The number of hydrogen-bond donors (Lipinski definition) is 2. The Morgan fingerprint density at radius 2 is 2.11 bits per heavy atom. The van der Waals surface area contributed by atoms with Crippen LogP contribution in [0, 0.1) is 0 Å². The Bertz CT molecular complexity index is 550. The van der Waals surface area contributed by atoms with Gasteiger partial charge in [0.2, 0.25) is 5.91 Å². The van der Waals surface area contributed by atoms with E-state index in [1.165, 1.54) is 4.70 Å². The van der Waals surface area contributed by atoms with Gasteiger partial charge in [0, 0.05) is 22.3 Å². The van der Waals surface area contributed by atoms with E-state index < -0.39 is 0 Å². The average molecular weight is 263 g/mol. The van der Waals surface area contributed by atoms with Crippen LogP contribution in [0.2, 0.25) is 0 Å². The third-order valence-corrected chi connectivity index (χ3v) is 3.44. The molecule has 2 aromatic rings. The standard InChI is InChI=1S/C13H17N3OS/c1-8(2)15-13(17)9(3)16-12-10-5-7-18-11(10)4-6-14-12/h4-9H,1-3H3,(H,14,16)(H,15,17). The van der Waals surface area contributed by atoms with Gasteiger partial charge in [-0.25, -0.2) is 4.98 Å². The van der Waals surface area contributed by atoms with Crippen molar-refractivity contribution >= 4 is 33.1 Å². The Labute approximate surface area is 110 Å². The second-order valence-corrected chi connectivity index (χ2v) is 5.47. The van der Waals surface area contributed by atoms with Gasteiger partial charge in [-0.3, -0.25) is 4.79 Å². The van der Waals surface area contributed by atoms with Crippen LogP contribution >= 0.6 is 11.3 Å². The molecule has 5 heteroatoms. The van der Waals surface area contributed by atoms with E-state index in [-0.39, 0.29) is 18.0 Å². The van der Waals surface area contributed by atoms with Gasteiger partial charge >= 0.3 is 0 Å². The molecule has 0 saturated carbocycles. The van der Waals surface area contributed by atoms with Gasteiger partial charge in [0.15, 0.2) is 0 Å². The summed E-state index contributed by atoms with van der Waals surface area (Å²) in [5.41, 5.74) is 0. The number of thiophene rings is 1. The Balaban J connectivity index is 2.13. The largest absolute Gasteiger partial charge is 0.358 e. The van der Waals surface area contributed by atoms with E-state index >= 15 is 0 Å². The fourth-order valence-corrected chi connectivity index (χ4v) is 2.47. The lowest BCUT2D eigenvalue weighted by Crippen LogP contribution is -2.41. The van der Waals surface area contributed by atoms with Crippen molar-refractivity contribution in [3.63, 3.8) is 0 Å². The van der Waals surface area contributed by atoms with Gasteiger partial charge in [0.05, 0.1) is 0 Å². The Kier molecular flexibility index (Phi) is 3.81. The summed E-state index contributed by atoms with van der Waals surface area (Å²) in [5.74, 6) is 0.749. The number of carbonyl (C=O) groups is 1. The second-order valence-electron chi connectivity index (χ2n) is 4.52. The summed E-state index contributed by atoms with van der Waals surface area (Å²) in [6.07, 6.45) is 1.76. The van der Waals surface area contributed by atoms with Crippen LogP contribution in [0.4, 0.5) is 5.82 Å².